The molecule has 0 saturated carbocycles. The van der Waals surface area contributed by atoms with Crippen molar-refractivity contribution in [3.8, 4) is 0 Å². The predicted molar refractivity (Wildman–Crippen MR) is 78.4 cm³/mol. The van der Waals surface area contributed by atoms with Crippen molar-refractivity contribution in [3.05, 3.63) is 30.3 Å². The van der Waals surface area contributed by atoms with Gasteiger partial charge >= 0.3 is 13.1 Å². The average molecular weight is 291 g/mol. The predicted octanol–water partition coefficient (Wildman–Crippen LogP) is -0.189. The van der Waals surface area contributed by atoms with E-state index in [0.29, 0.717) is 18.7 Å². The van der Waals surface area contributed by atoms with Gasteiger partial charge in [0.15, 0.2) is 0 Å². The molecule has 1 heterocycles. The van der Waals surface area contributed by atoms with Gasteiger partial charge in [-0.2, -0.15) is 0 Å². The maximum atomic E-state index is 12.0. The third-order valence-electron chi connectivity index (χ3n) is 3.40. The highest BCUT2D eigenvalue weighted by Gasteiger charge is 2.36. The fourth-order valence-corrected chi connectivity index (χ4v) is 2.37. The zero-order chi connectivity index (χ0) is 15.2. The van der Waals surface area contributed by atoms with E-state index >= 15 is 0 Å². The molecule has 0 bridgehead atoms. The van der Waals surface area contributed by atoms with Crippen LogP contribution >= 0.6 is 0 Å². The number of likely N-dealkylation sites (tertiary alicyclic amines) is 1. The molecule has 0 aliphatic carbocycles. The van der Waals surface area contributed by atoms with Gasteiger partial charge in [0.25, 0.3) is 0 Å². The number of carbonyl (C=O) groups is 2. The molecule has 112 valence electrons. The highest BCUT2D eigenvalue weighted by molar-refractivity contribution is 6.43. The number of para-hydroxylation sites is 1. The van der Waals surface area contributed by atoms with Gasteiger partial charge in [0.05, 0.1) is 12.5 Å². The zero-order valence-electron chi connectivity index (χ0n) is 11.5. The van der Waals surface area contributed by atoms with E-state index in [-0.39, 0.29) is 12.5 Å². The van der Waals surface area contributed by atoms with Crippen LogP contribution in [0.2, 0.25) is 0 Å². The molecule has 0 aromatic heterocycles. The molecule has 1 aromatic rings. The largest absolute Gasteiger partial charge is 0.475 e. The van der Waals surface area contributed by atoms with Crippen molar-refractivity contribution >= 4 is 24.7 Å². The number of rotatable bonds is 4. The van der Waals surface area contributed by atoms with E-state index in [4.69, 9.17) is 0 Å². The molecule has 1 aliphatic rings. The third-order valence-corrected chi connectivity index (χ3v) is 3.40. The van der Waals surface area contributed by atoms with Crippen molar-refractivity contribution in [2.24, 2.45) is 0 Å². The van der Waals surface area contributed by atoms with E-state index in [1.165, 1.54) is 4.90 Å². The number of anilines is 1. The third kappa shape index (κ3) is 4.20. The summed E-state index contributed by atoms with van der Waals surface area (Å²) >= 11 is 0. The van der Waals surface area contributed by atoms with Gasteiger partial charge in [-0.25, -0.2) is 4.79 Å². The van der Waals surface area contributed by atoms with Crippen LogP contribution in [0, 0.1) is 0 Å². The van der Waals surface area contributed by atoms with Crippen LogP contribution in [0.25, 0.3) is 0 Å². The lowest BCUT2D eigenvalue weighted by Gasteiger charge is -2.24. The Kier molecular flexibility index (Phi) is 5.18. The Morgan fingerprint density at radius 3 is 2.67 bits per heavy atom. The second-order valence-corrected chi connectivity index (χ2v) is 4.88. The maximum Gasteiger partial charge on any atom is 0.475 e. The standard InChI is InChI=1S/C13H18BN3O4/c18-12(17-8-4-7-11(17)14(20)21)9-15-13(19)16-10-5-2-1-3-6-10/h1-3,5-6,11,20-21H,4,7-9H2,(H2,15,16,19)/t11-/m0/s1. The first kappa shape index (κ1) is 15.3. The van der Waals surface area contributed by atoms with Crippen molar-refractivity contribution in [2.45, 2.75) is 18.8 Å². The van der Waals surface area contributed by atoms with Gasteiger partial charge in [-0.05, 0) is 25.0 Å². The molecule has 0 unspecified atom stereocenters. The molecular weight excluding hydrogens is 273 g/mol. The van der Waals surface area contributed by atoms with Crippen LogP contribution in [0.1, 0.15) is 12.8 Å². The molecule has 2 rings (SSSR count). The Bertz CT molecular complexity index is 497. The van der Waals surface area contributed by atoms with Crippen molar-refractivity contribution in [1.29, 1.82) is 0 Å². The molecule has 1 saturated heterocycles. The lowest BCUT2D eigenvalue weighted by molar-refractivity contribution is -0.130. The van der Waals surface area contributed by atoms with Crippen LogP contribution in [0.5, 0.6) is 0 Å². The number of amides is 3. The number of nitrogens with one attached hydrogen (secondary N) is 2. The summed E-state index contributed by atoms with van der Waals surface area (Å²) in [5.41, 5.74) is 0.632. The Morgan fingerprint density at radius 1 is 1.29 bits per heavy atom. The van der Waals surface area contributed by atoms with Crippen molar-refractivity contribution < 1.29 is 19.6 Å². The number of urea groups is 1. The maximum absolute atomic E-state index is 12.0. The summed E-state index contributed by atoms with van der Waals surface area (Å²) in [5.74, 6) is -0.912. The SMILES string of the molecule is O=C(NCC(=O)N1CCC[C@H]1B(O)O)Nc1ccccc1. The van der Waals surface area contributed by atoms with E-state index in [0.717, 1.165) is 6.42 Å². The topological polar surface area (TPSA) is 102 Å². The monoisotopic (exact) mass is 291 g/mol. The van der Waals surface area contributed by atoms with Crippen LogP contribution in [0.3, 0.4) is 0 Å². The molecule has 1 fully saturated rings. The fraction of sp³-hybridized carbons (Fsp3) is 0.385. The lowest BCUT2D eigenvalue weighted by atomic mass is 9.78. The van der Waals surface area contributed by atoms with Crippen molar-refractivity contribution in [2.75, 3.05) is 18.4 Å². The smallest absolute Gasteiger partial charge is 0.426 e. The second-order valence-electron chi connectivity index (χ2n) is 4.88. The van der Waals surface area contributed by atoms with E-state index in [9.17, 15) is 19.6 Å². The molecule has 0 radical (unpaired) electrons. The lowest BCUT2D eigenvalue weighted by Crippen LogP contribution is -2.49. The van der Waals surface area contributed by atoms with Gasteiger partial charge in [-0.3, -0.25) is 4.79 Å². The van der Waals surface area contributed by atoms with Crippen molar-refractivity contribution in [3.63, 3.8) is 0 Å². The molecule has 3 amide bonds. The Hall–Kier alpha value is -2.06. The van der Waals surface area contributed by atoms with Gasteiger partial charge in [0.1, 0.15) is 0 Å². The summed E-state index contributed by atoms with van der Waals surface area (Å²) in [6.07, 6.45) is 1.28. The van der Waals surface area contributed by atoms with Gasteiger partial charge < -0.3 is 25.6 Å². The average Bonchev–Trinajstić information content (AvgIpc) is 2.95. The van der Waals surface area contributed by atoms with Crippen LogP contribution < -0.4 is 10.6 Å². The molecule has 1 atom stereocenters. The number of hydrogen-bond donors (Lipinski definition) is 4. The summed E-state index contributed by atoms with van der Waals surface area (Å²) < 4.78 is 0. The van der Waals surface area contributed by atoms with E-state index in [2.05, 4.69) is 10.6 Å². The minimum absolute atomic E-state index is 0.179. The number of benzene rings is 1. The zero-order valence-corrected chi connectivity index (χ0v) is 11.5. The molecule has 8 heteroatoms. The Labute approximate surface area is 123 Å². The molecule has 1 aromatic carbocycles. The minimum atomic E-state index is -1.55. The van der Waals surface area contributed by atoms with Crippen LogP contribution in [0.4, 0.5) is 10.5 Å². The Morgan fingerprint density at radius 2 is 2.00 bits per heavy atom. The normalized spacial score (nSPS) is 17.4. The van der Waals surface area contributed by atoms with Gasteiger partial charge in [0, 0.05) is 12.2 Å². The van der Waals surface area contributed by atoms with Gasteiger partial charge in [-0.1, -0.05) is 18.2 Å². The van der Waals surface area contributed by atoms with Gasteiger partial charge in [0.2, 0.25) is 5.91 Å². The van der Waals surface area contributed by atoms with Crippen LogP contribution in [-0.2, 0) is 4.79 Å². The molecular formula is C13H18BN3O4. The summed E-state index contributed by atoms with van der Waals surface area (Å²) in [5, 5.41) is 23.5. The quantitative estimate of drug-likeness (QED) is 0.577. The minimum Gasteiger partial charge on any atom is -0.426 e. The number of nitrogens with zero attached hydrogens (tertiary/aromatic N) is 1. The van der Waals surface area contributed by atoms with Gasteiger partial charge in [-0.15, -0.1) is 0 Å². The molecule has 4 N–H and O–H groups in total. The highest BCUT2D eigenvalue weighted by atomic mass is 16.4. The number of carbonyl (C=O) groups excluding carboxylic acids is 2. The fourth-order valence-electron chi connectivity index (χ4n) is 2.37. The first-order chi connectivity index (χ1) is 10.1. The van der Waals surface area contributed by atoms with Crippen LogP contribution in [0.15, 0.2) is 30.3 Å². The summed E-state index contributed by atoms with van der Waals surface area (Å²) in [6.45, 7) is 0.297. The summed E-state index contributed by atoms with van der Waals surface area (Å²) in [7, 11) is -1.55. The summed E-state index contributed by atoms with van der Waals surface area (Å²) in [4.78, 5) is 25.0. The molecule has 1 aliphatic heterocycles. The first-order valence-electron chi connectivity index (χ1n) is 6.83. The van der Waals surface area contributed by atoms with Crippen LogP contribution in [-0.4, -0.2) is 53.0 Å². The van der Waals surface area contributed by atoms with E-state index in [1.807, 2.05) is 6.07 Å². The first-order valence-corrected chi connectivity index (χ1v) is 6.83. The van der Waals surface area contributed by atoms with E-state index in [1.54, 1.807) is 24.3 Å². The molecule has 0 spiro atoms. The molecule has 7 nitrogen and oxygen atoms in total. The second kappa shape index (κ2) is 7.10. The number of hydrogen-bond acceptors (Lipinski definition) is 4. The van der Waals surface area contributed by atoms with E-state index < -0.39 is 19.1 Å². The van der Waals surface area contributed by atoms with Crippen molar-refractivity contribution in [1.82, 2.24) is 10.2 Å². The highest BCUT2D eigenvalue weighted by Crippen LogP contribution is 2.17. The molecule has 21 heavy (non-hydrogen) atoms. The summed E-state index contributed by atoms with van der Waals surface area (Å²) in [6, 6.07) is 8.41. The Balaban J connectivity index is 1.80.